The molecule has 2 aromatic carbocycles. The van der Waals surface area contributed by atoms with Gasteiger partial charge in [0.15, 0.2) is 11.5 Å². The fraction of sp³-hybridized carbons (Fsp3) is 0.0556. The van der Waals surface area contributed by atoms with Crippen LogP contribution in [0.4, 0.5) is 0 Å². The molecule has 128 valence electrons. The second-order valence-electron chi connectivity index (χ2n) is 4.82. The number of rotatable bonds is 6. The summed E-state index contributed by atoms with van der Waals surface area (Å²) >= 11 is 5.80. The van der Waals surface area contributed by atoms with Crippen LogP contribution < -0.4 is 9.47 Å². The Balaban J connectivity index is 2.09. The smallest absolute Gasteiger partial charge is 0.336 e. The van der Waals surface area contributed by atoms with Gasteiger partial charge in [-0.15, -0.1) is 0 Å². The topological polar surface area (TPSA) is 78.7 Å². The molecule has 0 bridgehead atoms. The van der Waals surface area contributed by atoms with Crippen molar-refractivity contribution in [1.29, 1.82) is 0 Å². The molecule has 25 heavy (non-hydrogen) atoms. The van der Waals surface area contributed by atoms with Crippen LogP contribution in [0.2, 0.25) is 5.02 Å². The number of carbonyl (C=O) groups is 1. The lowest BCUT2D eigenvalue weighted by Gasteiger charge is -2.08. The first-order valence-electron chi connectivity index (χ1n) is 7.13. The van der Waals surface area contributed by atoms with Crippen LogP contribution in [-0.4, -0.2) is 18.0 Å². The van der Waals surface area contributed by atoms with Gasteiger partial charge in [0.2, 0.25) is 6.20 Å². The van der Waals surface area contributed by atoms with Gasteiger partial charge in [0, 0.05) is 17.2 Å². The number of hydrogen-bond donors (Lipinski definition) is 0. The zero-order valence-electron chi connectivity index (χ0n) is 13.2. The number of carbonyl (C=O) groups excluding carboxylic acids is 1. The molecule has 0 aliphatic carbocycles. The fourth-order valence-electron chi connectivity index (χ4n) is 1.90. The Kier molecular flexibility index (Phi) is 6.31. The maximum absolute atomic E-state index is 11.9. The number of nitrogens with zero attached hydrogens (tertiary/aromatic N) is 1. The van der Waals surface area contributed by atoms with Gasteiger partial charge >= 0.3 is 5.97 Å². The molecule has 0 saturated carbocycles. The number of halogens is 1. The average Bonchev–Trinajstić information content (AvgIpc) is 2.60. The Bertz CT molecular complexity index is 828. The standard InChI is InChI=1S/C18H14ClNO5/c1-24-17-12-14(10-11-20(22)23)4-8-16(17)25-18(21)9-5-13-2-6-15(19)7-3-13/h2-12H,1H3/b9-5+,11-10-. The number of nitro groups is 1. The minimum Gasteiger partial charge on any atom is -0.493 e. The maximum atomic E-state index is 11.9. The summed E-state index contributed by atoms with van der Waals surface area (Å²) in [5.41, 5.74) is 1.35. The Morgan fingerprint density at radius 3 is 2.40 bits per heavy atom. The lowest BCUT2D eigenvalue weighted by Crippen LogP contribution is -2.05. The highest BCUT2D eigenvalue weighted by atomic mass is 35.5. The molecule has 2 rings (SSSR count). The highest BCUT2D eigenvalue weighted by molar-refractivity contribution is 6.30. The monoisotopic (exact) mass is 359 g/mol. The van der Waals surface area contributed by atoms with Gasteiger partial charge < -0.3 is 9.47 Å². The summed E-state index contributed by atoms with van der Waals surface area (Å²) in [4.78, 5) is 21.7. The summed E-state index contributed by atoms with van der Waals surface area (Å²) in [7, 11) is 1.41. The normalized spacial score (nSPS) is 11.0. The SMILES string of the molecule is COc1cc(/C=C\[N+](=O)[O-])ccc1OC(=O)/C=C/c1ccc(Cl)cc1. The highest BCUT2D eigenvalue weighted by Gasteiger charge is 2.08. The molecule has 0 atom stereocenters. The molecule has 0 saturated heterocycles. The second kappa shape index (κ2) is 8.65. The van der Waals surface area contributed by atoms with Crippen LogP contribution in [0.25, 0.3) is 12.2 Å². The average molecular weight is 360 g/mol. The van der Waals surface area contributed by atoms with Gasteiger partial charge in [0.25, 0.3) is 0 Å². The molecule has 0 unspecified atom stereocenters. The number of methoxy groups -OCH3 is 1. The summed E-state index contributed by atoms with van der Waals surface area (Å²) in [6.45, 7) is 0. The summed E-state index contributed by atoms with van der Waals surface area (Å²) in [5.74, 6) is -0.0768. The number of esters is 1. The third-order valence-corrected chi connectivity index (χ3v) is 3.32. The minimum absolute atomic E-state index is 0.214. The molecular formula is C18H14ClNO5. The van der Waals surface area contributed by atoms with E-state index in [1.165, 1.54) is 31.4 Å². The first-order valence-corrected chi connectivity index (χ1v) is 7.51. The zero-order valence-corrected chi connectivity index (χ0v) is 14.0. The lowest BCUT2D eigenvalue weighted by atomic mass is 10.2. The van der Waals surface area contributed by atoms with Crippen molar-refractivity contribution in [3.63, 3.8) is 0 Å². The van der Waals surface area contributed by atoms with Crippen LogP contribution in [0.3, 0.4) is 0 Å². The fourth-order valence-corrected chi connectivity index (χ4v) is 2.03. The van der Waals surface area contributed by atoms with Crippen LogP contribution in [0, 0.1) is 10.1 Å². The van der Waals surface area contributed by atoms with Gasteiger partial charge in [0.05, 0.1) is 12.0 Å². The van der Waals surface area contributed by atoms with Gasteiger partial charge in [-0.1, -0.05) is 29.8 Å². The molecule has 0 aliphatic heterocycles. The van der Waals surface area contributed by atoms with E-state index in [9.17, 15) is 14.9 Å². The quantitative estimate of drug-likeness (QED) is 0.254. The first-order chi connectivity index (χ1) is 12.0. The van der Waals surface area contributed by atoms with E-state index in [-0.39, 0.29) is 5.75 Å². The predicted octanol–water partition coefficient (Wildman–Crippen LogP) is 4.21. The van der Waals surface area contributed by atoms with E-state index in [4.69, 9.17) is 21.1 Å². The van der Waals surface area contributed by atoms with E-state index in [2.05, 4.69) is 0 Å². The highest BCUT2D eigenvalue weighted by Crippen LogP contribution is 2.28. The molecule has 0 N–H and O–H groups in total. The number of ether oxygens (including phenoxy) is 2. The van der Waals surface area contributed by atoms with Crippen LogP contribution in [0.1, 0.15) is 11.1 Å². The molecule has 0 heterocycles. The van der Waals surface area contributed by atoms with Gasteiger partial charge in [-0.2, -0.15) is 0 Å². The largest absolute Gasteiger partial charge is 0.493 e. The molecule has 2 aromatic rings. The van der Waals surface area contributed by atoms with Crippen molar-refractivity contribution in [3.8, 4) is 11.5 Å². The van der Waals surface area contributed by atoms with Crippen molar-refractivity contribution in [2.45, 2.75) is 0 Å². The van der Waals surface area contributed by atoms with Gasteiger partial charge in [0.1, 0.15) is 0 Å². The lowest BCUT2D eigenvalue weighted by molar-refractivity contribution is -0.400. The molecule has 0 radical (unpaired) electrons. The molecule has 0 spiro atoms. The van der Waals surface area contributed by atoms with E-state index in [0.29, 0.717) is 16.3 Å². The van der Waals surface area contributed by atoms with Crippen molar-refractivity contribution in [2.75, 3.05) is 7.11 Å². The van der Waals surface area contributed by atoms with Crippen molar-refractivity contribution in [2.24, 2.45) is 0 Å². The first kappa shape index (κ1) is 18.2. The van der Waals surface area contributed by atoms with Crippen LogP contribution in [0.15, 0.2) is 54.7 Å². The predicted molar refractivity (Wildman–Crippen MR) is 95.1 cm³/mol. The zero-order chi connectivity index (χ0) is 18.2. The molecule has 7 heteroatoms. The molecule has 0 amide bonds. The number of hydrogen-bond acceptors (Lipinski definition) is 5. The van der Waals surface area contributed by atoms with Gasteiger partial charge in [-0.05, 0) is 41.5 Å². The minimum atomic E-state index is -0.582. The molecular weight excluding hydrogens is 346 g/mol. The second-order valence-corrected chi connectivity index (χ2v) is 5.25. The summed E-state index contributed by atoms with van der Waals surface area (Å²) in [6, 6.07) is 11.6. The van der Waals surface area contributed by atoms with E-state index < -0.39 is 10.9 Å². The Labute approximate surface area is 149 Å². The summed E-state index contributed by atoms with van der Waals surface area (Å²) in [5, 5.41) is 11.0. The molecule has 0 aromatic heterocycles. The molecule has 0 aliphatic rings. The maximum Gasteiger partial charge on any atom is 0.336 e. The van der Waals surface area contributed by atoms with Crippen molar-refractivity contribution >= 4 is 29.7 Å². The van der Waals surface area contributed by atoms with Gasteiger partial charge in [-0.3, -0.25) is 10.1 Å². The van der Waals surface area contributed by atoms with E-state index >= 15 is 0 Å². The van der Waals surface area contributed by atoms with Crippen molar-refractivity contribution in [3.05, 3.63) is 81.0 Å². The van der Waals surface area contributed by atoms with E-state index in [1.54, 1.807) is 36.4 Å². The number of benzene rings is 2. The van der Waals surface area contributed by atoms with E-state index in [1.807, 2.05) is 0 Å². The summed E-state index contributed by atoms with van der Waals surface area (Å²) < 4.78 is 10.4. The Hall–Kier alpha value is -3.12. The van der Waals surface area contributed by atoms with Crippen molar-refractivity contribution in [1.82, 2.24) is 0 Å². The van der Waals surface area contributed by atoms with Crippen LogP contribution >= 0.6 is 11.6 Å². The van der Waals surface area contributed by atoms with Gasteiger partial charge in [-0.25, -0.2) is 4.79 Å². The Morgan fingerprint density at radius 2 is 1.76 bits per heavy atom. The third kappa shape index (κ3) is 5.78. The van der Waals surface area contributed by atoms with Crippen LogP contribution in [0.5, 0.6) is 11.5 Å². The summed E-state index contributed by atoms with van der Waals surface area (Å²) in [6.07, 6.45) is 5.01. The molecule has 0 fully saturated rings. The van der Waals surface area contributed by atoms with Crippen molar-refractivity contribution < 1.29 is 19.2 Å². The Morgan fingerprint density at radius 1 is 1.08 bits per heavy atom. The molecule has 6 nitrogen and oxygen atoms in total. The van der Waals surface area contributed by atoms with E-state index in [0.717, 1.165) is 11.8 Å². The van der Waals surface area contributed by atoms with Crippen LogP contribution in [-0.2, 0) is 4.79 Å². The third-order valence-electron chi connectivity index (χ3n) is 3.07.